The number of hydrogen-bond donors (Lipinski definition) is 1. The molecule has 0 heterocycles. The Morgan fingerprint density at radius 1 is 0.659 bits per heavy atom. The summed E-state index contributed by atoms with van der Waals surface area (Å²) in [4.78, 5) is 26.5. The van der Waals surface area contributed by atoms with Crippen LogP contribution in [0.4, 0.5) is 4.79 Å². The quantitative estimate of drug-likeness (QED) is 0.0545. The van der Waals surface area contributed by atoms with Gasteiger partial charge in [-0.2, -0.15) is 0 Å². The van der Waals surface area contributed by atoms with Crippen LogP contribution in [-0.2, 0) is 28.5 Å². The maximum absolute atomic E-state index is 12.4. The number of carbonyl (C=O) groups excluding carboxylic acids is 2. The Balaban J connectivity index is 4.30. The topological polar surface area (TPSA) is 104 Å². The number of aliphatic hydroxyl groups excluding tert-OH is 1. The molecule has 9 heteroatoms. The lowest BCUT2D eigenvalue weighted by molar-refractivity contribution is -0.160. The number of ether oxygens (including phenoxy) is 5. The Labute approximate surface area is 250 Å². The van der Waals surface area contributed by atoms with Crippen LogP contribution in [0.1, 0.15) is 124 Å². The molecule has 0 aliphatic heterocycles. The molecule has 0 rings (SSSR count). The van der Waals surface area contributed by atoms with Crippen molar-refractivity contribution in [2.24, 2.45) is 5.92 Å². The highest BCUT2D eigenvalue weighted by Gasteiger charge is 2.17. The first-order valence-electron chi connectivity index (χ1n) is 16.5. The number of hydrogen-bond acceptors (Lipinski definition) is 9. The molecule has 0 bridgehead atoms. The molecule has 0 aromatic heterocycles. The van der Waals surface area contributed by atoms with E-state index in [9.17, 15) is 14.7 Å². The van der Waals surface area contributed by atoms with Crippen molar-refractivity contribution in [2.75, 3.05) is 59.3 Å². The van der Waals surface area contributed by atoms with Gasteiger partial charge in [-0.3, -0.25) is 4.79 Å². The van der Waals surface area contributed by atoms with E-state index in [0.29, 0.717) is 19.6 Å². The average Bonchev–Trinajstić information content (AvgIpc) is 2.98. The van der Waals surface area contributed by atoms with E-state index in [-0.39, 0.29) is 32.8 Å². The van der Waals surface area contributed by atoms with Crippen LogP contribution in [0.25, 0.3) is 0 Å². The predicted octanol–water partition coefficient (Wildman–Crippen LogP) is 6.88. The zero-order valence-electron chi connectivity index (χ0n) is 26.9. The van der Waals surface area contributed by atoms with Gasteiger partial charge in [0.1, 0.15) is 6.61 Å². The van der Waals surface area contributed by atoms with Crippen molar-refractivity contribution in [3.05, 3.63) is 0 Å². The fourth-order valence-electron chi connectivity index (χ4n) is 4.29. The minimum Gasteiger partial charge on any atom is -0.465 e. The second kappa shape index (κ2) is 30.1. The first kappa shape index (κ1) is 39.6. The van der Waals surface area contributed by atoms with E-state index in [2.05, 4.69) is 32.6 Å². The van der Waals surface area contributed by atoms with Crippen molar-refractivity contribution < 1.29 is 38.4 Å². The van der Waals surface area contributed by atoms with Crippen molar-refractivity contribution >= 4 is 12.1 Å². The maximum Gasteiger partial charge on any atom is 0.508 e. The molecule has 0 amide bonds. The van der Waals surface area contributed by atoms with Gasteiger partial charge in [-0.05, 0) is 32.4 Å². The second-order valence-electron chi connectivity index (χ2n) is 10.8. The van der Waals surface area contributed by atoms with Gasteiger partial charge >= 0.3 is 12.1 Å². The molecule has 0 aromatic rings. The molecule has 0 saturated heterocycles. The fraction of sp³-hybridized carbons (Fsp3) is 0.938. The predicted molar refractivity (Wildman–Crippen MR) is 163 cm³/mol. The summed E-state index contributed by atoms with van der Waals surface area (Å²) >= 11 is 0. The summed E-state index contributed by atoms with van der Waals surface area (Å²) in [6.07, 6.45) is 14.3. The third kappa shape index (κ3) is 26.0. The second-order valence-corrected chi connectivity index (χ2v) is 10.8. The number of esters is 1. The molecule has 1 atom stereocenters. The lowest BCUT2D eigenvalue weighted by atomic mass is 10.1. The Bertz CT molecular complexity index is 570. The van der Waals surface area contributed by atoms with Gasteiger partial charge in [0.05, 0.1) is 32.2 Å². The summed E-state index contributed by atoms with van der Waals surface area (Å²) in [6.45, 7) is 12.5. The lowest BCUT2D eigenvalue weighted by Gasteiger charge is -2.19. The summed E-state index contributed by atoms with van der Waals surface area (Å²) in [5.74, 6) is -0.898. The Morgan fingerprint density at radius 2 is 1.20 bits per heavy atom. The Hall–Kier alpha value is -1.42. The summed E-state index contributed by atoms with van der Waals surface area (Å²) in [6, 6.07) is 0. The maximum atomic E-state index is 12.4. The van der Waals surface area contributed by atoms with Crippen LogP contribution < -0.4 is 0 Å². The first-order chi connectivity index (χ1) is 20.0. The zero-order valence-corrected chi connectivity index (χ0v) is 26.9. The molecule has 0 radical (unpaired) electrons. The van der Waals surface area contributed by atoms with Crippen molar-refractivity contribution in [2.45, 2.75) is 130 Å². The van der Waals surface area contributed by atoms with E-state index >= 15 is 0 Å². The van der Waals surface area contributed by atoms with Crippen molar-refractivity contribution in [1.29, 1.82) is 0 Å². The van der Waals surface area contributed by atoms with Crippen LogP contribution in [0.15, 0.2) is 0 Å². The van der Waals surface area contributed by atoms with Crippen molar-refractivity contribution in [1.82, 2.24) is 4.90 Å². The Kier molecular flexibility index (Phi) is 29.0. The normalized spacial score (nSPS) is 12.2. The van der Waals surface area contributed by atoms with Gasteiger partial charge in [-0.15, -0.1) is 0 Å². The van der Waals surface area contributed by atoms with Crippen LogP contribution in [0, 0.1) is 5.92 Å². The number of carbonyl (C=O) groups is 2. The highest BCUT2D eigenvalue weighted by molar-refractivity contribution is 5.69. The van der Waals surface area contributed by atoms with Crippen LogP contribution in [0.3, 0.4) is 0 Å². The van der Waals surface area contributed by atoms with Gasteiger partial charge in [0, 0.05) is 26.2 Å². The van der Waals surface area contributed by atoms with E-state index in [1.165, 1.54) is 51.4 Å². The molecular weight excluding hydrogens is 526 g/mol. The Morgan fingerprint density at radius 3 is 1.73 bits per heavy atom. The number of unbranched alkanes of at least 4 members (excludes halogenated alkanes) is 10. The van der Waals surface area contributed by atoms with Gasteiger partial charge in [0.15, 0.2) is 6.29 Å². The molecule has 244 valence electrons. The summed E-state index contributed by atoms with van der Waals surface area (Å²) in [5.41, 5.74) is 0. The highest BCUT2D eigenvalue weighted by atomic mass is 16.7. The van der Waals surface area contributed by atoms with Gasteiger partial charge < -0.3 is 33.7 Å². The molecule has 41 heavy (non-hydrogen) atoms. The van der Waals surface area contributed by atoms with E-state index in [4.69, 9.17) is 23.7 Å². The van der Waals surface area contributed by atoms with Crippen molar-refractivity contribution in [3.8, 4) is 0 Å². The summed E-state index contributed by atoms with van der Waals surface area (Å²) < 4.78 is 27.5. The standard InChI is InChI=1S/C32H63NO8/c1-5-9-11-13-15-17-23-37-31(38-24-18-16-14-12-10-6-2)21-20-30(35)40-27-29(26-34)28-41-32(36)39-25-19-22-33(7-3)8-4/h29,31,34H,5-28H2,1-4H3. The zero-order chi connectivity index (χ0) is 30.4. The molecule has 1 unspecified atom stereocenters. The fourth-order valence-corrected chi connectivity index (χ4v) is 4.29. The van der Waals surface area contributed by atoms with Gasteiger partial charge in [-0.1, -0.05) is 91.9 Å². The van der Waals surface area contributed by atoms with E-state index < -0.39 is 24.3 Å². The first-order valence-corrected chi connectivity index (χ1v) is 16.5. The number of rotatable bonds is 30. The van der Waals surface area contributed by atoms with Crippen LogP contribution in [0.2, 0.25) is 0 Å². The van der Waals surface area contributed by atoms with Gasteiger partial charge in [0.25, 0.3) is 0 Å². The highest BCUT2D eigenvalue weighted by Crippen LogP contribution is 2.12. The largest absolute Gasteiger partial charge is 0.508 e. The van der Waals surface area contributed by atoms with Gasteiger partial charge in [0.2, 0.25) is 0 Å². The lowest BCUT2D eigenvalue weighted by Crippen LogP contribution is -2.26. The molecule has 0 aliphatic rings. The summed E-state index contributed by atoms with van der Waals surface area (Å²) in [7, 11) is 0. The molecule has 9 nitrogen and oxygen atoms in total. The minimum atomic E-state index is -0.776. The van der Waals surface area contributed by atoms with Crippen molar-refractivity contribution in [3.63, 3.8) is 0 Å². The van der Waals surface area contributed by atoms with E-state index in [0.717, 1.165) is 51.7 Å². The minimum absolute atomic E-state index is 0.0352. The molecule has 1 N–H and O–H groups in total. The molecule has 0 fully saturated rings. The molecular formula is C32H63NO8. The molecule has 0 spiro atoms. The third-order valence-corrected chi connectivity index (χ3v) is 7.10. The molecule has 0 aliphatic carbocycles. The monoisotopic (exact) mass is 589 g/mol. The molecule has 0 aromatic carbocycles. The van der Waals surface area contributed by atoms with Gasteiger partial charge in [-0.25, -0.2) is 4.79 Å². The van der Waals surface area contributed by atoms with E-state index in [1.54, 1.807) is 0 Å². The summed E-state index contributed by atoms with van der Waals surface area (Å²) in [5, 5.41) is 9.61. The SMILES string of the molecule is CCCCCCCCOC(CCC(=O)OCC(CO)COC(=O)OCCCN(CC)CC)OCCCCCCCC. The van der Waals surface area contributed by atoms with Crippen LogP contribution in [-0.4, -0.2) is 87.7 Å². The third-order valence-electron chi connectivity index (χ3n) is 7.10. The average molecular weight is 590 g/mol. The molecule has 0 saturated carbocycles. The number of aliphatic hydroxyl groups is 1. The van der Waals surface area contributed by atoms with Crippen LogP contribution >= 0.6 is 0 Å². The smallest absolute Gasteiger partial charge is 0.465 e. The van der Waals surface area contributed by atoms with E-state index in [1.807, 2.05) is 0 Å². The number of nitrogens with zero attached hydrogens (tertiary/aromatic N) is 1. The van der Waals surface area contributed by atoms with Crippen LogP contribution in [0.5, 0.6) is 0 Å².